The van der Waals surface area contributed by atoms with Gasteiger partial charge in [0.05, 0.1) is 6.54 Å². The van der Waals surface area contributed by atoms with Crippen molar-refractivity contribution in [1.82, 2.24) is 20.7 Å². The molecule has 0 saturated carbocycles. The number of halogens is 4. The molecular weight excluding hydrogens is 487 g/mol. The Morgan fingerprint density at radius 3 is 2.23 bits per heavy atom. The lowest BCUT2D eigenvalue weighted by molar-refractivity contribution is -0.174. The highest BCUT2D eigenvalue weighted by Crippen LogP contribution is 2.24. The molecule has 2 aromatic rings. The summed E-state index contributed by atoms with van der Waals surface area (Å²) >= 11 is 6.15. The predicted molar refractivity (Wildman–Crippen MR) is 125 cm³/mol. The van der Waals surface area contributed by atoms with Gasteiger partial charge in [0.2, 0.25) is 0 Å². The van der Waals surface area contributed by atoms with Crippen molar-refractivity contribution in [2.24, 2.45) is 0 Å². The first kappa shape index (κ1) is 26.3. The van der Waals surface area contributed by atoms with Crippen LogP contribution in [0.3, 0.4) is 0 Å². The first-order chi connectivity index (χ1) is 16.6. The van der Waals surface area contributed by atoms with Gasteiger partial charge in [0.1, 0.15) is 0 Å². The standard InChI is InChI=1S/C23H25ClF3N5O3/c1-2-30-10-12-31(13-11-30)22(35)32(19-5-3-4-18(24)14-19)15-16-6-8-17(9-7-16)20(33)28-29-21(34)23(25,26)27/h3-9,14H,2,10-13,15H2,1H3,(H,28,33)(H,29,34). The number of nitrogens with zero attached hydrogens (tertiary/aromatic N) is 3. The largest absolute Gasteiger partial charge is 0.472 e. The molecule has 1 fully saturated rings. The van der Waals surface area contributed by atoms with E-state index in [9.17, 15) is 27.6 Å². The van der Waals surface area contributed by atoms with E-state index in [-0.39, 0.29) is 18.1 Å². The topological polar surface area (TPSA) is 85.0 Å². The first-order valence-electron chi connectivity index (χ1n) is 10.9. The maximum atomic E-state index is 13.4. The highest BCUT2D eigenvalue weighted by Gasteiger charge is 2.39. The third-order valence-electron chi connectivity index (χ3n) is 5.54. The second-order valence-corrected chi connectivity index (χ2v) is 8.31. The molecule has 0 aliphatic carbocycles. The third-order valence-corrected chi connectivity index (χ3v) is 5.78. The average Bonchev–Trinajstić information content (AvgIpc) is 2.85. The lowest BCUT2D eigenvalue weighted by atomic mass is 10.1. The molecule has 188 valence electrons. The molecule has 1 aliphatic rings. The minimum absolute atomic E-state index is 0.0348. The minimum Gasteiger partial charge on any atom is -0.322 e. The van der Waals surface area contributed by atoms with Crippen LogP contribution in [-0.2, 0) is 11.3 Å². The molecule has 12 heteroatoms. The fraction of sp³-hybridized carbons (Fsp3) is 0.348. The van der Waals surface area contributed by atoms with Crippen LogP contribution in [0.2, 0.25) is 5.02 Å². The number of rotatable bonds is 5. The monoisotopic (exact) mass is 511 g/mol. The van der Waals surface area contributed by atoms with Crippen LogP contribution in [0.5, 0.6) is 0 Å². The van der Waals surface area contributed by atoms with Crippen molar-refractivity contribution in [3.63, 3.8) is 0 Å². The van der Waals surface area contributed by atoms with Gasteiger partial charge >= 0.3 is 18.1 Å². The van der Waals surface area contributed by atoms with Crippen LogP contribution < -0.4 is 15.8 Å². The van der Waals surface area contributed by atoms with Gasteiger partial charge in [-0.2, -0.15) is 13.2 Å². The average molecular weight is 512 g/mol. The van der Waals surface area contributed by atoms with E-state index in [1.165, 1.54) is 17.6 Å². The number of nitrogens with one attached hydrogen (secondary N) is 2. The zero-order valence-corrected chi connectivity index (χ0v) is 19.7. The summed E-state index contributed by atoms with van der Waals surface area (Å²) in [6.07, 6.45) is -5.11. The Labute approximate surface area is 205 Å². The Bertz CT molecular complexity index is 1060. The summed E-state index contributed by atoms with van der Waals surface area (Å²) in [5.41, 5.74) is 4.36. The summed E-state index contributed by atoms with van der Waals surface area (Å²) < 4.78 is 36.8. The number of amides is 4. The number of hydrazine groups is 1. The summed E-state index contributed by atoms with van der Waals surface area (Å²) in [6, 6.07) is 12.7. The molecule has 0 bridgehead atoms. The normalized spacial score (nSPS) is 14.4. The smallest absolute Gasteiger partial charge is 0.322 e. The fourth-order valence-electron chi connectivity index (χ4n) is 3.54. The predicted octanol–water partition coefficient (Wildman–Crippen LogP) is 3.43. The molecule has 1 saturated heterocycles. The SMILES string of the molecule is CCN1CCN(C(=O)N(Cc2ccc(C(=O)NNC(=O)C(F)(F)F)cc2)c2cccc(Cl)c2)CC1. The maximum absolute atomic E-state index is 13.4. The zero-order chi connectivity index (χ0) is 25.6. The summed E-state index contributed by atoms with van der Waals surface area (Å²) in [5, 5.41) is 0.476. The Balaban J connectivity index is 1.72. The molecule has 0 spiro atoms. The van der Waals surface area contributed by atoms with E-state index in [1.807, 2.05) is 0 Å². The van der Waals surface area contributed by atoms with Crippen LogP contribution in [0.1, 0.15) is 22.8 Å². The molecule has 0 unspecified atom stereocenters. The fourth-order valence-corrected chi connectivity index (χ4v) is 3.72. The van der Waals surface area contributed by atoms with E-state index in [1.54, 1.807) is 51.6 Å². The lowest BCUT2D eigenvalue weighted by Gasteiger charge is -2.37. The van der Waals surface area contributed by atoms with Crippen LogP contribution in [0.4, 0.5) is 23.7 Å². The Hall–Kier alpha value is -3.31. The molecule has 8 nitrogen and oxygen atoms in total. The number of benzene rings is 2. The molecule has 35 heavy (non-hydrogen) atoms. The zero-order valence-electron chi connectivity index (χ0n) is 18.9. The number of urea groups is 1. The number of alkyl halides is 3. The number of likely N-dealkylation sites (N-methyl/N-ethyl adjacent to an activating group) is 1. The van der Waals surface area contributed by atoms with Crippen LogP contribution in [-0.4, -0.2) is 66.5 Å². The second-order valence-electron chi connectivity index (χ2n) is 7.87. The molecule has 4 amide bonds. The Kier molecular flexibility index (Phi) is 8.57. The maximum Gasteiger partial charge on any atom is 0.472 e. The van der Waals surface area contributed by atoms with E-state index in [4.69, 9.17) is 11.6 Å². The van der Waals surface area contributed by atoms with Crippen LogP contribution >= 0.6 is 11.6 Å². The summed E-state index contributed by atoms with van der Waals surface area (Å²) in [4.78, 5) is 41.9. The van der Waals surface area contributed by atoms with Gasteiger partial charge in [0.15, 0.2) is 0 Å². The Morgan fingerprint density at radius 2 is 1.66 bits per heavy atom. The van der Waals surface area contributed by atoms with Gasteiger partial charge in [-0.3, -0.25) is 25.3 Å². The van der Waals surface area contributed by atoms with Gasteiger partial charge in [0, 0.05) is 42.5 Å². The van der Waals surface area contributed by atoms with E-state index < -0.39 is 18.0 Å². The molecule has 2 aromatic carbocycles. The van der Waals surface area contributed by atoms with Gasteiger partial charge in [-0.25, -0.2) is 4.79 Å². The molecule has 2 N–H and O–H groups in total. The minimum atomic E-state index is -5.11. The van der Waals surface area contributed by atoms with Gasteiger partial charge < -0.3 is 9.80 Å². The Morgan fingerprint density at radius 1 is 1.00 bits per heavy atom. The van der Waals surface area contributed by atoms with Crippen molar-refractivity contribution in [3.8, 4) is 0 Å². The van der Waals surface area contributed by atoms with Gasteiger partial charge in [-0.1, -0.05) is 36.7 Å². The summed E-state index contributed by atoms with van der Waals surface area (Å²) in [7, 11) is 0. The van der Waals surface area contributed by atoms with E-state index >= 15 is 0 Å². The summed E-state index contributed by atoms with van der Waals surface area (Å²) in [5.74, 6) is -3.19. The van der Waals surface area contributed by atoms with Gasteiger partial charge in [-0.05, 0) is 42.4 Å². The quantitative estimate of drug-likeness (QED) is 0.602. The third kappa shape index (κ3) is 7.09. The number of anilines is 1. The number of carbonyl (C=O) groups is 3. The lowest BCUT2D eigenvalue weighted by Crippen LogP contribution is -2.52. The second kappa shape index (κ2) is 11.4. The highest BCUT2D eigenvalue weighted by molar-refractivity contribution is 6.30. The molecule has 1 aliphatic heterocycles. The van der Waals surface area contributed by atoms with E-state index in [0.29, 0.717) is 29.4 Å². The van der Waals surface area contributed by atoms with Crippen LogP contribution in [0.25, 0.3) is 0 Å². The van der Waals surface area contributed by atoms with Crippen molar-refractivity contribution in [2.75, 3.05) is 37.6 Å². The first-order valence-corrected chi connectivity index (χ1v) is 11.3. The van der Waals surface area contributed by atoms with Crippen molar-refractivity contribution < 1.29 is 27.6 Å². The summed E-state index contributed by atoms with van der Waals surface area (Å²) in [6.45, 7) is 5.91. The van der Waals surface area contributed by atoms with Gasteiger partial charge in [-0.15, -0.1) is 0 Å². The molecule has 0 aromatic heterocycles. The van der Waals surface area contributed by atoms with Crippen LogP contribution in [0, 0.1) is 0 Å². The molecule has 3 rings (SSSR count). The van der Waals surface area contributed by atoms with Crippen molar-refractivity contribution >= 4 is 35.1 Å². The number of piperazine rings is 1. The molecule has 1 heterocycles. The van der Waals surface area contributed by atoms with E-state index in [2.05, 4.69) is 11.8 Å². The van der Waals surface area contributed by atoms with E-state index in [0.717, 1.165) is 19.6 Å². The molecule has 0 atom stereocenters. The van der Waals surface area contributed by atoms with Crippen molar-refractivity contribution in [3.05, 3.63) is 64.7 Å². The number of hydrogen-bond acceptors (Lipinski definition) is 4. The molecular formula is C23H25ClF3N5O3. The van der Waals surface area contributed by atoms with Gasteiger partial charge in [0.25, 0.3) is 5.91 Å². The number of carbonyl (C=O) groups excluding carboxylic acids is 3. The van der Waals surface area contributed by atoms with Crippen LogP contribution in [0.15, 0.2) is 48.5 Å². The highest BCUT2D eigenvalue weighted by atomic mass is 35.5. The number of hydrogen-bond donors (Lipinski definition) is 2. The van der Waals surface area contributed by atoms with Crippen molar-refractivity contribution in [2.45, 2.75) is 19.6 Å². The molecule has 0 radical (unpaired) electrons. The van der Waals surface area contributed by atoms with Crippen molar-refractivity contribution in [1.29, 1.82) is 0 Å².